The number of Topliss-reactive ketones (excluding diaryl/α,β-unsaturated/α-hetero) is 1. The van der Waals surface area contributed by atoms with Crippen LogP contribution in [0.1, 0.15) is 45.0 Å². The molecule has 1 saturated carbocycles. The number of hydrogen-bond acceptors (Lipinski definition) is 8. The van der Waals surface area contributed by atoms with Gasteiger partial charge in [0.15, 0.2) is 15.6 Å². The van der Waals surface area contributed by atoms with Crippen molar-refractivity contribution in [3.8, 4) is 5.69 Å². The van der Waals surface area contributed by atoms with E-state index >= 15 is 0 Å². The summed E-state index contributed by atoms with van der Waals surface area (Å²) in [6, 6.07) is 10.6. The predicted molar refractivity (Wildman–Crippen MR) is 113 cm³/mol. The van der Waals surface area contributed by atoms with E-state index in [1.165, 1.54) is 35.0 Å². The zero-order valence-corrected chi connectivity index (χ0v) is 18.1. The highest BCUT2D eigenvalue weighted by Crippen LogP contribution is 2.43. The van der Waals surface area contributed by atoms with Crippen LogP contribution in [0.5, 0.6) is 0 Å². The van der Waals surface area contributed by atoms with Crippen molar-refractivity contribution in [3.05, 3.63) is 59.2 Å². The molecule has 1 aliphatic carbocycles. The molecular formula is C20H18N4O5S2. The highest BCUT2D eigenvalue weighted by Gasteiger charge is 2.29. The SMILES string of the molecule is CS(=O)(=O)c1ccc(C(=O)CSc2nnnn2-c2ccc(C(=O)O)cc2C2CC2)cc1. The lowest BCUT2D eigenvalue weighted by Gasteiger charge is -2.11. The second-order valence-electron chi connectivity index (χ2n) is 7.23. The first-order chi connectivity index (χ1) is 14.7. The number of hydrogen-bond donors (Lipinski definition) is 1. The first-order valence-electron chi connectivity index (χ1n) is 9.36. The van der Waals surface area contributed by atoms with Gasteiger partial charge in [-0.1, -0.05) is 23.9 Å². The molecule has 1 aliphatic rings. The number of carbonyl (C=O) groups is 2. The third-order valence-corrected chi connectivity index (χ3v) is 6.95. The molecule has 3 aromatic rings. The highest BCUT2D eigenvalue weighted by atomic mass is 32.2. The number of ketones is 1. The number of carboxylic acids is 1. The monoisotopic (exact) mass is 458 g/mol. The fraction of sp³-hybridized carbons (Fsp3) is 0.250. The number of tetrazole rings is 1. The molecule has 0 saturated heterocycles. The standard InChI is InChI=1S/C20H18N4O5S2/c1-31(28,29)15-7-4-13(5-8-15)18(25)11-30-20-21-22-23-24(20)17-9-6-14(19(26)27)10-16(17)12-2-3-12/h4-10,12H,2-3,11H2,1H3,(H,26,27). The Kier molecular flexibility index (Phi) is 5.63. The van der Waals surface area contributed by atoms with Crippen LogP contribution in [0.2, 0.25) is 0 Å². The maximum Gasteiger partial charge on any atom is 0.335 e. The van der Waals surface area contributed by atoms with Gasteiger partial charge in [0.05, 0.1) is 21.9 Å². The topological polar surface area (TPSA) is 132 Å². The molecule has 4 rings (SSSR count). The number of carbonyl (C=O) groups excluding carboxylic acids is 1. The molecule has 11 heteroatoms. The quantitative estimate of drug-likeness (QED) is 0.399. The van der Waals surface area contributed by atoms with E-state index in [4.69, 9.17) is 0 Å². The second-order valence-corrected chi connectivity index (χ2v) is 10.2. The lowest BCUT2D eigenvalue weighted by molar-refractivity contribution is 0.0696. The Hall–Kier alpha value is -3.05. The van der Waals surface area contributed by atoms with Gasteiger partial charge >= 0.3 is 5.97 Å². The van der Waals surface area contributed by atoms with E-state index in [2.05, 4.69) is 15.5 Å². The van der Waals surface area contributed by atoms with Crippen molar-refractivity contribution in [1.82, 2.24) is 20.2 Å². The van der Waals surface area contributed by atoms with E-state index in [9.17, 15) is 23.1 Å². The Balaban J connectivity index is 1.53. The zero-order valence-electron chi connectivity index (χ0n) is 16.4. The zero-order chi connectivity index (χ0) is 22.2. The van der Waals surface area contributed by atoms with Crippen molar-refractivity contribution in [2.45, 2.75) is 28.8 Å². The smallest absolute Gasteiger partial charge is 0.335 e. The maximum atomic E-state index is 12.5. The molecule has 0 radical (unpaired) electrons. The average molecular weight is 459 g/mol. The normalized spacial score (nSPS) is 13.8. The number of carboxylic acid groups (broad SMARTS) is 1. The summed E-state index contributed by atoms with van der Waals surface area (Å²) < 4.78 is 24.6. The molecular weight excluding hydrogens is 440 g/mol. The minimum Gasteiger partial charge on any atom is -0.478 e. The molecule has 0 amide bonds. The number of aromatic carboxylic acids is 1. The molecule has 1 aromatic heterocycles. The number of thioether (sulfide) groups is 1. The summed E-state index contributed by atoms with van der Waals surface area (Å²) in [5.74, 6) is -0.855. The average Bonchev–Trinajstić information content (AvgIpc) is 3.49. The molecule has 31 heavy (non-hydrogen) atoms. The van der Waals surface area contributed by atoms with Crippen LogP contribution in [0.25, 0.3) is 5.69 Å². The van der Waals surface area contributed by atoms with Gasteiger partial charge in [0.25, 0.3) is 0 Å². The molecule has 0 bridgehead atoms. The van der Waals surface area contributed by atoms with Gasteiger partial charge in [-0.05, 0) is 65.1 Å². The van der Waals surface area contributed by atoms with Crippen LogP contribution in [0.15, 0.2) is 52.5 Å². The van der Waals surface area contributed by atoms with E-state index in [0.29, 0.717) is 16.4 Å². The molecule has 0 spiro atoms. The van der Waals surface area contributed by atoms with Crippen molar-refractivity contribution < 1.29 is 23.1 Å². The summed E-state index contributed by atoms with van der Waals surface area (Å²) in [6.07, 6.45) is 3.06. The molecule has 1 heterocycles. The lowest BCUT2D eigenvalue weighted by Crippen LogP contribution is -2.08. The first-order valence-corrected chi connectivity index (χ1v) is 12.2. The predicted octanol–water partition coefficient (Wildman–Crippen LogP) is 2.62. The Morgan fingerprint density at radius 3 is 2.42 bits per heavy atom. The molecule has 0 atom stereocenters. The summed E-state index contributed by atoms with van der Waals surface area (Å²) in [7, 11) is -3.33. The van der Waals surface area contributed by atoms with Crippen molar-refractivity contribution in [1.29, 1.82) is 0 Å². The van der Waals surface area contributed by atoms with Gasteiger partial charge in [-0.2, -0.15) is 4.68 Å². The van der Waals surface area contributed by atoms with Crippen molar-refractivity contribution >= 4 is 33.4 Å². The van der Waals surface area contributed by atoms with E-state index in [0.717, 1.165) is 36.4 Å². The fourth-order valence-corrected chi connectivity index (χ4v) is 4.53. The van der Waals surface area contributed by atoms with Crippen LogP contribution >= 0.6 is 11.8 Å². The molecule has 0 unspecified atom stereocenters. The molecule has 2 aromatic carbocycles. The Morgan fingerprint density at radius 1 is 1.13 bits per heavy atom. The van der Waals surface area contributed by atoms with E-state index in [1.807, 2.05) is 0 Å². The minimum atomic E-state index is -3.33. The Morgan fingerprint density at radius 2 is 1.81 bits per heavy atom. The van der Waals surface area contributed by atoms with Crippen molar-refractivity contribution in [3.63, 3.8) is 0 Å². The molecule has 1 fully saturated rings. The number of nitrogens with zero attached hydrogens (tertiary/aromatic N) is 4. The van der Waals surface area contributed by atoms with Gasteiger partial charge in [0, 0.05) is 11.8 Å². The number of aromatic nitrogens is 4. The second kappa shape index (κ2) is 8.23. The number of benzene rings is 2. The van der Waals surface area contributed by atoms with Crippen molar-refractivity contribution in [2.75, 3.05) is 12.0 Å². The maximum absolute atomic E-state index is 12.5. The highest BCUT2D eigenvalue weighted by molar-refractivity contribution is 7.99. The van der Waals surface area contributed by atoms with E-state index in [-0.39, 0.29) is 27.9 Å². The van der Waals surface area contributed by atoms with Crippen molar-refractivity contribution in [2.24, 2.45) is 0 Å². The largest absolute Gasteiger partial charge is 0.478 e. The minimum absolute atomic E-state index is 0.0601. The van der Waals surface area contributed by atoms with Crippen LogP contribution in [-0.4, -0.2) is 57.5 Å². The Bertz CT molecular complexity index is 1260. The van der Waals surface area contributed by atoms with Crippen LogP contribution in [-0.2, 0) is 9.84 Å². The molecule has 9 nitrogen and oxygen atoms in total. The first kappa shape index (κ1) is 21.2. The van der Waals surface area contributed by atoms with Gasteiger partial charge in [-0.25, -0.2) is 13.2 Å². The number of rotatable bonds is 8. The van der Waals surface area contributed by atoms with Crippen LogP contribution < -0.4 is 0 Å². The van der Waals surface area contributed by atoms with Crippen LogP contribution in [0.4, 0.5) is 0 Å². The van der Waals surface area contributed by atoms with Crippen LogP contribution in [0, 0.1) is 0 Å². The summed E-state index contributed by atoms with van der Waals surface area (Å²) in [5.41, 5.74) is 2.17. The van der Waals surface area contributed by atoms with E-state index < -0.39 is 15.8 Å². The molecule has 1 N–H and O–H groups in total. The third kappa shape index (κ3) is 4.67. The van der Waals surface area contributed by atoms with Gasteiger partial charge in [0.1, 0.15) is 0 Å². The summed E-state index contributed by atoms with van der Waals surface area (Å²) in [5, 5.41) is 21.4. The lowest BCUT2D eigenvalue weighted by atomic mass is 10.0. The number of sulfone groups is 1. The van der Waals surface area contributed by atoms with E-state index in [1.54, 1.807) is 12.1 Å². The van der Waals surface area contributed by atoms with Gasteiger partial charge in [-0.15, -0.1) is 5.10 Å². The molecule has 160 valence electrons. The third-order valence-electron chi connectivity index (χ3n) is 4.90. The van der Waals surface area contributed by atoms with Gasteiger partial charge in [-0.3, -0.25) is 4.79 Å². The van der Waals surface area contributed by atoms with Gasteiger partial charge < -0.3 is 5.11 Å². The fourth-order valence-electron chi connectivity index (χ4n) is 3.12. The summed E-state index contributed by atoms with van der Waals surface area (Å²) in [4.78, 5) is 24.0. The van der Waals surface area contributed by atoms with Gasteiger partial charge in [0.2, 0.25) is 5.16 Å². The molecule has 0 aliphatic heterocycles. The van der Waals surface area contributed by atoms with Crippen LogP contribution in [0.3, 0.4) is 0 Å². The summed E-state index contributed by atoms with van der Waals surface area (Å²) >= 11 is 1.16. The summed E-state index contributed by atoms with van der Waals surface area (Å²) in [6.45, 7) is 0. The Labute approximate surface area is 182 Å².